The van der Waals surface area contributed by atoms with Crippen LogP contribution in [0, 0.1) is 0 Å². The fourth-order valence-electron chi connectivity index (χ4n) is 2.48. The van der Waals surface area contributed by atoms with Crippen molar-refractivity contribution in [3.8, 4) is 11.5 Å². The fraction of sp³-hybridized carbons (Fsp3) is 0.316. The number of alkyl halides is 3. The van der Waals surface area contributed by atoms with Crippen molar-refractivity contribution in [1.82, 2.24) is 4.98 Å². The molecule has 2 aromatic rings. The van der Waals surface area contributed by atoms with Gasteiger partial charge in [-0.1, -0.05) is 18.2 Å². The Morgan fingerprint density at radius 1 is 1.21 bits per heavy atom. The van der Waals surface area contributed by atoms with Gasteiger partial charge in [0.15, 0.2) is 11.5 Å². The first-order valence-electron chi connectivity index (χ1n) is 8.51. The Balaban J connectivity index is 2.26. The highest BCUT2D eigenvalue weighted by Gasteiger charge is 2.32. The first kappa shape index (κ1) is 22.7. The number of carbonyl (C=O) groups excluding carboxylic acids is 2. The van der Waals surface area contributed by atoms with Gasteiger partial charge in [-0.15, -0.1) is 13.2 Å². The summed E-state index contributed by atoms with van der Waals surface area (Å²) >= 11 is 3.11. The van der Waals surface area contributed by atoms with Gasteiger partial charge in [-0.3, -0.25) is 9.59 Å². The third kappa shape index (κ3) is 6.74. The number of benzene rings is 1. The standard InChI is InChI=1S/C19H17BrF3NO5/c1-2-28-16(26)8-7-14(25)17-18(27)13(20)10-12(24-17)9-11-5-3-4-6-15(11)29-19(21,22)23/h3-6,10,27H,2,7-9H2,1H3. The number of carbonyl (C=O) groups is 2. The summed E-state index contributed by atoms with van der Waals surface area (Å²) < 4.78 is 46.7. The Labute approximate surface area is 172 Å². The van der Waals surface area contributed by atoms with E-state index in [2.05, 4.69) is 25.7 Å². The highest BCUT2D eigenvalue weighted by atomic mass is 79.9. The van der Waals surface area contributed by atoms with Gasteiger partial charge in [0.1, 0.15) is 11.4 Å². The van der Waals surface area contributed by atoms with Crippen LogP contribution in [0.4, 0.5) is 13.2 Å². The molecule has 1 aromatic heterocycles. The van der Waals surface area contributed by atoms with Crippen LogP contribution in [0.1, 0.15) is 41.5 Å². The number of ketones is 1. The summed E-state index contributed by atoms with van der Waals surface area (Å²) in [6.45, 7) is 1.81. The molecule has 0 aliphatic rings. The molecule has 0 aliphatic carbocycles. The first-order chi connectivity index (χ1) is 13.6. The predicted octanol–water partition coefficient (Wildman–Crippen LogP) is 4.57. The van der Waals surface area contributed by atoms with E-state index in [9.17, 15) is 27.9 Å². The maximum Gasteiger partial charge on any atom is 0.573 e. The van der Waals surface area contributed by atoms with Crippen molar-refractivity contribution < 1.29 is 37.3 Å². The number of Topliss-reactive ketones (excluding diaryl/α,β-unsaturated/α-hetero) is 1. The molecular formula is C19H17BrF3NO5. The molecule has 0 aliphatic heterocycles. The van der Waals surface area contributed by atoms with Crippen LogP contribution in [0.2, 0.25) is 0 Å². The molecule has 1 aromatic carbocycles. The minimum absolute atomic E-state index is 0.0801. The zero-order chi connectivity index (χ0) is 21.6. The number of halogens is 4. The molecule has 6 nitrogen and oxygen atoms in total. The number of para-hydroxylation sites is 1. The number of hydrogen-bond donors (Lipinski definition) is 1. The third-order valence-electron chi connectivity index (χ3n) is 3.69. The summed E-state index contributed by atoms with van der Waals surface area (Å²) in [6.07, 6.45) is -5.35. The average Bonchev–Trinajstić information content (AvgIpc) is 2.63. The maximum absolute atomic E-state index is 12.6. The van der Waals surface area contributed by atoms with Crippen molar-refractivity contribution in [3.05, 3.63) is 51.8 Å². The van der Waals surface area contributed by atoms with Crippen LogP contribution in [0.5, 0.6) is 11.5 Å². The second-order valence-corrected chi connectivity index (χ2v) is 6.71. The number of aromatic hydroxyl groups is 1. The number of esters is 1. The lowest BCUT2D eigenvalue weighted by Gasteiger charge is -2.14. The second-order valence-electron chi connectivity index (χ2n) is 5.85. The highest BCUT2D eigenvalue weighted by molar-refractivity contribution is 9.10. The number of nitrogens with zero attached hydrogens (tertiary/aromatic N) is 1. The molecule has 0 saturated heterocycles. The molecule has 10 heteroatoms. The van der Waals surface area contributed by atoms with E-state index in [0.717, 1.165) is 0 Å². The first-order valence-corrected chi connectivity index (χ1v) is 9.31. The lowest BCUT2D eigenvalue weighted by molar-refractivity contribution is -0.274. The molecule has 1 heterocycles. The number of aromatic nitrogens is 1. The Hall–Kier alpha value is -2.62. The van der Waals surface area contributed by atoms with Gasteiger partial charge in [0, 0.05) is 24.1 Å². The van der Waals surface area contributed by atoms with E-state index >= 15 is 0 Å². The van der Waals surface area contributed by atoms with Crippen molar-refractivity contribution in [2.45, 2.75) is 32.5 Å². The van der Waals surface area contributed by atoms with Gasteiger partial charge in [0.25, 0.3) is 0 Å². The molecule has 2 rings (SSSR count). The van der Waals surface area contributed by atoms with Gasteiger partial charge in [0.05, 0.1) is 17.5 Å². The lowest BCUT2D eigenvalue weighted by Crippen LogP contribution is -2.18. The van der Waals surface area contributed by atoms with E-state index in [0.29, 0.717) is 0 Å². The van der Waals surface area contributed by atoms with Crippen LogP contribution in [-0.2, 0) is 16.0 Å². The molecule has 0 atom stereocenters. The van der Waals surface area contributed by atoms with E-state index in [-0.39, 0.29) is 53.0 Å². The lowest BCUT2D eigenvalue weighted by atomic mass is 10.1. The summed E-state index contributed by atoms with van der Waals surface area (Å²) in [6, 6.07) is 6.94. The summed E-state index contributed by atoms with van der Waals surface area (Å²) in [5.74, 6) is -1.96. The molecule has 0 spiro atoms. The summed E-state index contributed by atoms with van der Waals surface area (Å²) in [5.41, 5.74) is 0.139. The molecule has 0 radical (unpaired) electrons. The normalized spacial score (nSPS) is 11.2. The van der Waals surface area contributed by atoms with Crippen LogP contribution in [0.25, 0.3) is 0 Å². The van der Waals surface area contributed by atoms with Gasteiger partial charge in [-0.05, 0) is 35.0 Å². The molecule has 0 amide bonds. The minimum Gasteiger partial charge on any atom is -0.504 e. The van der Waals surface area contributed by atoms with E-state index in [4.69, 9.17) is 4.74 Å². The number of rotatable bonds is 8. The largest absolute Gasteiger partial charge is 0.573 e. The van der Waals surface area contributed by atoms with Crippen molar-refractivity contribution >= 4 is 27.7 Å². The molecule has 29 heavy (non-hydrogen) atoms. The smallest absolute Gasteiger partial charge is 0.504 e. The quantitative estimate of drug-likeness (QED) is 0.444. The van der Waals surface area contributed by atoms with Crippen LogP contribution < -0.4 is 4.74 Å². The Kier molecular flexibility index (Phi) is 7.60. The Morgan fingerprint density at radius 3 is 2.55 bits per heavy atom. The van der Waals surface area contributed by atoms with Crippen LogP contribution in [0.15, 0.2) is 34.8 Å². The molecular weight excluding hydrogens is 459 g/mol. The zero-order valence-corrected chi connectivity index (χ0v) is 16.8. The van der Waals surface area contributed by atoms with Gasteiger partial charge in [-0.25, -0.2) is 4.98 Å². The topological polar surface area (TPSA) is 85.7 Å². The van der Waals surface area contributed by atoms with Crippen LogP contribution in [-0.4, -0.2) is 34.8 Å². The van der Waals surface area contributed by atoms with Gasteiger partial charge < -0.3 is 14.6 Å². The molecule has 1 N–H and O–H groups in total. The fourth-order valence-corrected chi connectivity index (χ4v) is 2.93. The molecule has 156 valence electrons. The van der Waals surface area contributed by atoms with Crippen LogP contribution >= 0.6 is 15.9 Å². The van der Waals surface area contributed by atoms with E-state index in [1.807, 2.05) is 0 Å². The monoisotopic (exact) mass is 475 g/mol. The third-order valence-corrected chi connectivity index (χ3v) is 4.30. The highest BCUT2D eigenvalue weighted by Crippen LogP contribution is 2.31. The molecule has 0 bridgehead atoms. The van der Waals surface area contributed by atoms with Crippen molar-refractivity contribution in [2.75, 3.05) is 6.61 Å². The summed E-state index contributed by atoms with van der Waals surface area (Å²) in [7, 11) is 0. The number of hydrogen-bond acceptors (Lipinski definition) is 6. The SMILES string of the molecule is CCOC(=O)CCC(=O)c1nc(Cc2ccccc2OC(F)(F)F)cc(Br)c1O. The predicted molar refractivity (Wildman–Crippen MR) is 99.7 cm³/mol. The maximum atomic E-state index is 12.6. The van der Waals surface area contributed by atoms with Gasteiger partial charge >= 0.3 is 12.3 Å². The van der Waals surface area contributed by atoms with E-state index < -0.39 is 23.9 Å². The van der Waals surface area contributed by atoms with Crippen LogP contribution in [0.3, 0.4) is 0 Å². The zero-order valence-electron chi connectivity index (χ0n) is 15.3. The van der Waals surface area contributed by atoms with Gasteiger partial charge in [-0.2, -0.15) is 0 Å². The Bertz CT molecular complexity index is 902. The molecule has 0 fully saturated rings. The van der Waals surface area contributed by atoms with Crippen molar-refractivity contribution in [2.24, 2.45) is 0 Å². The molecule has 0 unspecified atom stereocenters. The summed E-state index contributed by atoms with van der Waals surface area (Å²) in [5, 5.41) is 10.1. The average molecular weight is 476 g/mol. The van der Waals surface area contributed by atoms with Crippen molar-refractivity contribution in [1.29, 1.82) is 0 Å². The number of pyridine rings is 1. The van der Waals surface area contributed by atoms with Gasteiger partial charge in [0.2, 0.25) is 0 Å². The molecule has 0 saturated carbocycles. The summed E-state index contributed by atoms with van der Waals surface area (Å²) in [4.78, 5) is 27.9. The van der Waals surface area contributed by atoms with E-state index in [1.54, 1.807) is 13.0 Å². The number of ether oxygens (including phenoxy) is 2. The van der Waals surface area contributed by atoms with E-state index in [1.165, 1.54) is 24.3 Å². The Morgan fingerprint density at radius 2 is 1.90 bits per heavy atom. The van der Waals surface area contributed by atoms with Crippen molar-refractivity contribution in [3.63, 3.8) is 0 Å². The second kappa shape index (κ2) is 9.73. The minimum atomic E-state index is -4.85.